The molecule has 0 radical (unpaired) electrons. The summed E-state index contributed by atoms with van der Waals surface area (Å²) in [6.07, 6.45) is -12.5. The fourth-order valence-electron chi connectivity index (χ4n) is 13.4. The molecule has 0 aromatic heterocycles. The first-order chi connectivity index (χ1) is 26.8. The van der Waals surface area contributed by atoms with Crippen molar-refractivity contribution in [3.05, 3.63) is 11.6 Å². The number of hydrogen-bond acceptors (Lipinski definition) is 14. The van der Waals surface area contributed by atoms with Crippen LogP contribution in [0.5, 0.6) is 0 Å². The highest BCUT2D eigenvalue weighted by molar-refractivity contribution is 5.95. The number of rotatable bonds is 7. The minimum Gasteiger partial charge on any atom is -0.550 e. The molecule has 2 heterocycles. The van der Waals surface area contributed by atoms with Crippen LogP contribution in [0.2, 0.25) is 0 Å². The molecule has 7 aliphatic rings. The van der Waals surface area contributed by atoms with Gasteiger partial charge in [-0.3, -0.25) is 4.79 Å². The van der Waals surface area contributed by atoms with Crippen LogP contribution in [-0.2, 0) is 38.1 Å². The van der Waals surface area contributed by atoms with E-state index in [1.165, 1.54) is 0 Å². The van der Waals surface area contributed by atoms with Crippen LogP contribution in [0.15, 0.2) is 11.6 Å². The summed E-state index contributed by atoms with van der Waals surface area (Å²) < 4.78 is 23.4. The molecule has 358 valence electrons. The predicted octanol–water partition coefficient (Wildman–Crippen LogP) is -1.19. The Bertz CT molecular complexity index is 1740. The van der Waals surface area contributed by atoms with Gasteiger partial charge in [0.15, 0.2) is 30.6 Å². The van der Waals surface area contributed by atoms with Crippen molar-refractivity contribution in [2.45, 2.75) is 174 Å². The molecular formula is C42H71NO19. The second-order valence-corrected chi connectivity index (χ2v) is 20.6. The van der Waals surface area contributed by atoms with Crippen molar-refractivity contribution >= 4 is 23.7 Å². The number of carbonyl (C=O) groups is 4. The van der Waals surface area contributed by atoms with Crippen LogP contribution in [0.1, 0.15) is 106 Å². The van der Waals surface area contributed by atoms with Crippen LogP contribution >= 0.6 is 0 Å². The van der Waals surface area contributed by atoms with Gasteiger partial charge in [-0.25, -0.2) is 9.59 Å². The maximum Gasteiger partial charge on any atom is 0.335 e. The van der Waals surface area contributed by atoms with Crippen molar-refractivity contribution in [2.24, 2.45) is 50.2 Å². The Labute approximate surface area is 360 Å². The van der Waals surface area contributed by atoms with Crippen LogP contribution in [0.4, 0.5) is 0 Å². The summed E-state index contributed by atoms with van der Waals surface area (Å²) in [5.74, 6) is -4.80. The number of hydrogen-bond donors (Lipinski definition) is 8. The van der Waals surface area contributed by atoms with Crippen LogP contribution in [0, 0.1) is 50.2 Å². The number of ether oxygens (including phenoxy) is 4. The van der Waals surface area contributed by atoms with Gasteiger partial charge in [0.1, 0.15) is 36.6 Å². The van der Waals surface area contributed by atoms with Gasteiger partial charge in [0.25, 0.3) is 0 Å². The monoisotopic (exact) mass is 893 g/mol. The molecule has 17 N–H and O–H groups in total. The zero-order valence-electron chi connectivity index (χ0n) is 36.8. The highest BCUT2D eigenvalue weighted by atomic mass is 16.8. The van der Waals surface area contributed by atoms with E-state index in [0.29, 0.717) is 38.5 Å². The maximum absolute atomic E-state index is 14.8. The lowest BCUT2D eigenvalue weighted by atomic mass is 9.33. The lowest BCUT2D eigenvalue weighted by molar-refractivity contribution is -0.371. The van der Waals surface area contributed by atoms with Gasteiger partial charge in [-0.15, -0.1) is 0 Å². The van der Waals surface area contributed by atoms with Crippen molar-refractivity contribution in [2.75, 3.05) is 0 Å². The molecule has 2 aliphatic heterocycles. The number of ketones is 1. The van der Waals surface area contributed by atoms with Gasteiger partial charge in [0.05, 0.1) is 6.10 Å². The smallest absolute Gasteiger partial charge is 0.335 e. The molecule has 20 heteroatoms. The van der Waals surface area contributed by atoms with Crippen LogP contribution < -0.4 is 11.3 Å². The van der Waals surface area contributed by atoms with E-state index in [1.54, 1.807) is 6.92 Å². The zero-order chi connectivity index (χ0) is 42.9. The predicted molar refractivity (Wildman–Crippen MR) is 214 cm³/mol. The second kappa shape index (κ2) is 17.6. The van der Waals surface area contributed by atoms with Gasteiger partial charge < -0.3 is 87.2 Å². The molecule has 0 amide bonds. The molecule has 2 saturated heterocycles. The summed E-state index contributed by atoms with van der Waals surface area (Å²) in [5, 5.41) is 85.1. The average Bonchev–Trinajstić information content (AvgIpc) is 3.13. The lowest BCUT2D eigenvalue weighted by Gasteiger charge is -2.70. The molecule has 6 fully saturated rings. The first-order valence-corrected chi connectivity index (χ1v) is 20.7. The number of aliphatic hydroxyl groups excluding tert-OH is 5. The molecule has 5 unspecified atom stereocenters. The fourth-order valence-corrected chi connectivity index (χ4v) is 13.4. The standard InChI is InChI=1S/C42H62O16.H3N.3H2O/c1-37(2)21-8-11-42(7)31(20(43)16-18-19-17-39(4,36(53)54)13-12-38(19,3)14-15-41(18,42)6)40(21,5)10-9-22(37)55-35-30(26(47)25(46)29(57-35)33(51)52)58-34-27(48)23(44)24(45)28(56-34)32(49)50;;;;/h16,19,21-31,34-35,44-48H,8-15,17H2,1-7H3,(H,49,50)(H,51,52)(H,53,54);1H3;3*1H2/t19-,21?,22-,23+,24+,25-,26-,27?,28+,29-,30+,31?,34+,35-,38+,39-,40?,41+,42?;;;;/m0..../s1. The summed E-state index contributed by atoms with van der Waals surface area (Å²) in [5.41, 5.74) is -2.03. The Morgan fingerprint density at radius 3 is 1.82 bits per heavy atom. The van der Waals surface area contributed by atoms with E-state index >= 15 is 0 Å². The van der Waals surface area contributed by atoms with E-state index in [1.807, 2.05) is 19.9 Å². The van der Waals surface area contributed by atoms with Gasteiger partial charge in [-0.2, -0.15) is 0 Å². The largest absolute Gasteiger partial charge is 0.550 e. The first-order valence-electron chi connectivity index (χ1n) is 20.7. The quantitative estimate of drug-likeness (QED) is 0.139. The Balaban J connectivity index is 0.00000256. The minimum absolute atomic E-state index is 0. The fraction of sp³-hybridized carbons (Fsp3) is 0.857. The lowest BCUT2D eigenvalue weighted by Crippen LogP contribution is -2.68. The van der Waals surface area contributed by atoms with E-state index in [9.17, 15) is 60.0 Å². The number of carboxylic acids is 3. The minimum atomic E-state index is -2.05. The Kier molecular flexibility index (Phi) is 15.2. The molecular weight excluding hydrogens is 822 g/mol. The SMILES string of the molecule is CC12CC[C@H](O[C@H]3O[C@H](C(=O)O)[C@@H](O)[C@H](O)[C@H]3O[C@H]3O[C@@H](C(=O)O)[C@H](O)[C@@H](O)C3O)C(C)(C)C1CCC1(C)C2C(=O)C=C2[C@@H]3C[C@@](C)(C(=O)[O-])CC[C@]3(C)CC[C@]21C.O.O.O.[NH4+]. The highest BCUT2D eigenvalue weighted by Gasteiger charge is 2.70. The van der Waals surface area contributed by atoms with Crippen molar-refractivity contribution in [3.8, 4) is 0 Å². The summed E-state index contributed by atoms with van der Waals surface area (Å²) in [6.45, 7) is 14.7. The summed E-state index contributed by atoms with van der Waals surface area (Å²) in [4.78, 5) is 51.2. The Morgan fingerprint density at radius 2 is 1.26 bits per heavy atom. The molecule has 0 spiro atoms. The van der Waals surface area contributed by atoms with Gasteiger partial charge >= 0.3 is 11.9 Å². The van der Waals surface area contributed by atoms with Gasteiger partial charge in [0.2, 0.25) is 0 Å². The normalized spacial score (nSPS) is 49.2. The van der Waals surface area contributed by atoms with E-state index in [-0.39, 0.29) is 56.9 Å². The average molecular weight is 894 g/mol. The topological polar surface area (TPSA) is 401 Å². The zero-order valence-corrected chi connectivity index (χ0v) is 36.8. The van der Waals surface area contributed by atoms with Gasteiger partial charge in [-0.05, 0) is 103 Å². The number of carboxylic acid groups (broad SMARTS) is 3. The van der Waals surface area contributed by atoms with E-state index in [0.717, 1.165) is 24.8 Å². The van der Waals surface area contributed by atoms with E-state index < -0.39 is 107 Å². The summed E-state index contributed by atoms with van der Waals surface area (Å²) in [7, 11) is 0. The number of carbonyl (C=O) groups excluding carboxylic acids is 2. The number of quaternary nitrogens is 1. The number of allylic oxidation sites excluding steroid dienone is 2. The van der Waals surface area contributed by atoms with Crippen molar-refractivity contribution in [1.29, 1.82) is 0 Å². The van der Waals surface area contributed by atoms with E-state index in [4.69, 9.17) is 18.9 Å². The third kappa shape index (κ3) is 7.73. The summed E-state index contributed by atoms with van der Waals surface area (Å²) in [6, 6.07) is 0. The van der Waals surface area contributed by atoms with Crippen molar-refractivity contribution in [1.82, 2.24) is 6.15 Å². The Hall–Kier alpha value is -2.70. The number of aliphatic hydroxyl groups is 5. The Morgan fingerprint density at radius 1 is 0.710 bits per heavy atom. The van der Waals surface area contributed by atoms with Crippen LogP contribution in [0.25, 0.3) is 0 Å². The number of fused-ring (bicyclic) bond motifs is 7. The second-order valence-electron chi connectivity index (χ2n) is 20.6. The maximum atomic E-state index is 14.8. The highest BCUT2D eigenvalue weighted by Crippen LogP contribution is 2.75. The first kappa shape index (κ1) is 53.6. The van der Waals surface area contributed by atoms with Crippen LogP contribution in [0.3, 0.4) is 0 Å². The molecule has 4 saturated carbocycles. The van der Waals surface area contributed by atoms with Gasteiger partial charge in [0, 0.05) is 17.3 Å². The van der Waals surface area contributed by atoms with Crippen molar-refractivity contribution < 1.29 is 95.4 Å². The molecule has 0 aromatic carbocycles. The van der Waals surface area contributed by atoms with E-state index in [2.05, 4.69) is 27.7 Å². The molecule has 62 heavy (non-hydrogen) atoms. The molecule has 7 rings (SSSR count). The molecule has 0 bridgehead atoms. The molecule has 20 nitrogen and oxygen atoms in total. The van der Waals surface area contributed by atoms with Crippen LogP contribution in [-0.4, -0.2) is 143 Å². The molecule has 19 atom stereocenters. The van der Waals surface area contributed by atoms with Gasteiger partial charge in [-0.1, -0.05) is 54.0 Å². The number of aliphatic carboxylic acids is 3. The third-order valence-corrected chi connectivity index (χ3v) is 17.2. The summed E-state index contributed by atoms with van der Waals surface area (Å²) >= 11 is 0. The third-order valence-electron chi connectivity index (χ3n) is 17.2. The van der Waals surface area contributed by atoms with Crippen molar-refractivity contribution in [3.63, 3.8) is 0 Å². The molecule has 0 aromatic rings. The molecule has 5 aliphatic carbocycles.